The number of anilines is 2. The number of rotatable bonds is 22. The molecule has 2 saturated carbocycles. The molecule has 68 heavy (non-hydrogen) atoms. The largest absolute Gasteiger partial charge is 0.491 e. The van der Waals surface area contributed by atoms with Crippen molar-refractivity contribution < 1.29 is 23.8 Å². The number of carbonyl (C=O) groups is 2. The Kier molecular flexibility index (Phi) is 17.7. The highest BCUT2D eigenvalue weighted by atomic mass is 16.5. The molecule has 0 radical (unpaired) electrons. The molecule has 8 rings (SSSR count). The van der Waals surface area contributed by atoms with E-state index in [9.17, 15) is 9.59 Å². The zero-order chi connectivity index (χ0) is 47.2. The number of benzene rings is 2. The molecule has 368 valence electrons. The molecule has 3 N–H and O–H groups in total. The Hall–Kier alpha value is -5.09. The average molecular weight is 933 g/mol. The average Bonchev–Trinajstić information content (AvgIpc) is 4.00. The van der Waals surface area contributed by atoms with Gasteiger partial charge in [-0.3, -0.25) is 9.59 Å². The minimum absolute atomic E-state index is 0.0857. The predicted molar refractivity (Wildman–Crippen MR) is 267 cm³/mol. The van der Waals surface area contributed by atoms with Gasteiger partial charge in [0.1, 0.15) is 24.2 Å². The second kappa shape index (κ2) is 24.5. The van der Waals surface area contributed by atoms with Crippen LogP contribution in [-0.2, 0) is 32.0 Å². The molecule has 15 heteroatoms. The second-order valence-corrected chi connectivity index (χ2v) is 19.7. The van der Waals surface area contributed by atoms with Crippen molar-refractivity contribution in [3.63, 3.8) is 0 Å². The summed E-state index contributed by atoms with van der Waals surface area (Å²) >= 11 is 0. The van der Waals surface area contributed by atoms with Gasteiger partial charge in [0.25, 0.3) is 0 Å². The molecule has 2 aliphatic heterocycles. The summed E-state index contributed by atoms with van der Waals surface area (Å²) in [6.45, 7) is 8.34. The van der Waals surface area contributed by atoms with E-state index in [1.165, 1.54) is 17.5 Å². The fourth-order valence-electron chi connectivity index (χ4n) is 10.8. The van der Waals surface area contributed by atoms with Gasteiger partial charge in [-0.05, 0) is 119 Å². The predicted octanol–water partition coefficient (Wildman–Crippen LogP) is 6.43. The number of hydrogen-bond acceptors (Lipinski definition) is 12. The van der Waals surface area contributed by atoms with Crippen LogP contribution in [0.25, 0.3) is 11.3 Å². The summed E-state index contributed by atoms with van der Waals surface area (Å²) < 4.78 is 20.1. The number of aromatic nitrogens is 4. The topological polar surface area (TPSA) is 151 Å². The van der Waals surface area contributed by atoms with Crippen molar-refractivity contribution in [3.05, 3.63) is 84.2 Å². The van der Waals surface area contributed by atoms with Crippen molar-refractivity contribution in [1.29, 1.82) is 0 Å². The summed E-state index contributed by atoms with van der Waals surface area (Å²) in [6, 6.07) is 20.5. The van der Waals surface area contributed by atoms with E-state index >= 15 is 0 Å². The van der Waals surface area contributed by atoms with Gasteiger partial charge in [-0.1, -0.05) is 61.7 Å². The molecule has 4 heterocycles. The Morgan fingerprint density at radius 3 is 2.38 bits per heavy atom. The third kappa shape index (κ3) is 13.2. The van der Waals surface area contributed by atoms with Crippen LogP contribution in [0.15, 0.2) is 73.1 Å². The molecule has 2 amide bonds. The first-order valence-electron chi connectivity index (χ1n) is 25.5. The van der Waals surface area contributed by atoms with E-state index in [-0.39, 0.29) is 35.9 Å². The maximum absolute atomic E-state index is 14.2. The normalized spacial score (nSPS) is 22.0. The van der Waals surface area contributed by atoms with E-state index in [4.69, 9.17) is 24.3 Å². The van der Waals surface area contributed by atoms with Crippen LogP contribution in [0, 0.1) is 11.8 Å². The smallest absolute Gasteiger partial charge is 0.245 e. The number of hydrogen-bond donors (Lipinski definition) is 3. The highest BCUT2D eigenvalue weighted by Gasteiger charge is 2.44. The van der Waals surface area contributed by atoms with Crippen molar-refractivity contribution in [2.24, 2.45) is 11.8 Å². The van der Waals surface area contributed by atoms with E-state index < -0.39 is 6.04 Å². The molecular weight excluding hydrogens is 857 g/mol. The van der Waals surface area contributed by atoms with Crippen LogP contribution in [-0.4, -0.2) is 145 Å². The van der Waals surface area contributed by atoms with Crippen LogP contribution in [0.3, 0.4) is 0 Å². The maximum atomic E-state index is 14.2. The quantitative estimate of drug-likeness (QED) is 0.0746. The van der Waals surface area contributed by atoms with Crippen molar-refractivity contribution >= 4 is 23.6 Å². The molecular formula is C53H76N10O5. The SMILES string of the molecule is CN[C@@H](C)C(=O)N[C@H](C(=O)N1CC[C@@H]2CCN(CCc3ccc(OCCOCCOC4CCC(Nc5nccc(-c6cnn(Cc7ccccc7)c6N(C)C)n5)CC4)cc3)C[C@@H]21)C1CCCCC1. The van der Waals surface area contributed by atoms with Gasteiger partial charge in [0.2, 0.25) is 17.8 Å². The number of likely N-dealkylation sites (tertiary alicyclic amines) is 2. The summed E-state index contributed by atoms with van der Waals surface area (Å²) in [4.78, 5) is 43.5. The first-order valence-corrected chi connectivity index (χ1v) is 25.5. The van der Waals surface area contributed by atoms with Crippen molar-refractivity contribution in [2.45, 2.75) is 121 Å². The molecule has 2 aromatic carbocycles. The Labute approximate surface area is 404 Å². The lowest BCUT2D eigenvalue weighted by molar-refractivity contribution is -0.140. The number of ether oxygens (including phenoxy) is 3. The molecule has 4 aliphatic rings. The van der Waals surface area contributed by atoms with E-state index in [1.54, 1.807) is 7.05 Å². The number of nitrogens with zero attached hydrogens (tertiary/aromatic N) is 7. The van der Waals surface area contributed by atoms with Gasteiger partial charge in [0.15, 0.2) is 0 Å². The molecule has 0 unspecified atom stereocenters. The van der Waals surface area contributed by atoms with Gasteiger partial charge in [-0.15, -0.1) is 0 Å². The standard InChI is InChI=1S/C53H76N10O5/c1-38(54-2)50(64)59-49(42-13-9-6-10-14-42)52(65)62-30-26-41-25-29-61(37-48(41)62)28-24-39-15-19-44(20-16-39)67-33-31-66-32-34-68-45-21-17-43(18-22-45)57-53-55-27-23-47(58-53)46-35-56-63(51(46)60(3)4)36-40-11-7-5-8-12-40/h5,7-8,11-12,15-16,19-20,23,27,35,38,41-43,45,48-49,54H,6,9-10,13-14,17-18,21-22,24-26,28-34,36-37H2,1-4H3,(H,59,64)(H,55,57,58)/t38-,41-,43?,45?,48-,49-/m0/s1. The summed E-state index contributed by atoms with van der Waals surface area (Å²) in [5, 5.41) is 14.5. The van der Waals surface area contributed by atoms with Gasteiger partial charge >= 0.3 is 0 Å². The minimum atomic E-state index is -0.431. The fourth-order valence-corrected chi connectivity index (χ4v) is 10.8. The summed E-state index contributed by atoms with van der Waals surface area (Å²) in [6.07, 6.45) is 16.5. The van der Waals surface area contributed by atoms with Crippen LogP contribution < -0.4 is 25.6 Å². The van der Waals surface area contributed by atoms with Crippen LogP contribution in [0.4, 0.5) is 11.8 Å². The van der Waals surface area contributed by atoms with Gasteiger partial charge in [-0.25, -0.2) is 14.6 Å². The van der Waals surface area contributed by atoms with Gasteiger partial charge in [-0.2, -0.15) is 5.10 Å². The summed E-state index contributed by atoms with van der Waals surface area (Å²) in [5.74, 6) is 3.29. The summed E-state index contributed by atoms with van der Waals surface area (Å²) in [5.41, 5.74) is 4.30. The third-order valence-corrected chi connectivity index (χ3v) is 14.8. The first-order chi connectivity index (χ1) is 33.2. The molecule has 4 aromatic rings. The molecule has 15 nitrogen and oxygen atoms in total. The van der Waals surface area contributed by atoms with Crippen LogP contribution in [0.2, 0.25) is 0 Å². The Morgan fingerprint density at radius 1 is 0.853 bits per heavy atom. The zero-order valence-electron chi connectivity index (χ0n) is 41.0. The van der Waals surface area contributed by atoms with Crippen LogP contribution >= 0.6 is 0 Å². The number of nitrogens with one attached hydrogen (secondary N) is 3. The highest BCUT2D eigenvalue weighted by Crippen LogP contribution is 2.35. The molecule has 0 spiro atoms. The van der Waals surface area contributed by atoms with E-state index in [0.717, 1.165) is 120 Å². The fraction of sp³-hybridized carbons (Fsp3) is 0.604. The molecule has 2 aliphatic carbocycles. The Balaban J connectivity index is 0.696. The second-order valence-electron chi connectivity index (χ2n) is 19.7. The Morgan fingerprint density at radius 2 is 1.62 bits per heavy atom. The summed E-state index contributed by atoms with van der Waals surface area (Å²) in [7, 11) is 5.87. The number of likely N-dealkylation sites (N-methyl/N-ethyl adjacent to an activating group) is 1. The third-order valence-electron chi connectivity index (χ3n) is 14.8. The van der Waals surface area contributed by atoms with Crippen molar-refractivity contribution in [2.75, 3.05) is 84.0 Å². The number of amides is 2. The van der Waals surface area contributed by atoms with Crippen LogP contribution in [0.1, 0.15) is 88.7 Å². The van der Waals surface area contributed by atoms with E-state index in [1.807, 2.05) is 62.4 Å². The number of piperidine rings is 1. The lowest BCUT2D eigenvalue weighted by Crippen LogP contribution is -2.58. The monoisotopic (exact) mass is 933 g/mol. The molecule has 2 aromatic heterocycles. The van der Waals surface area contributed by atoms with Crippen molar-refractivity contribution in [3.8, 4) is 17.0 Å². The zero-order valence-corrected chi connectivity index (χ0v) is 41.0. The van der Waals surface area contributed by atoms with Gasteiger partial charge in [0, 0.05) is 52.0 Å². The number of fused-ring (bicyclic) bond motifs is 1. The van der Waals surface area contributed by atoms with Crippen LogP contribution in [0.5, 0.6) is 5.75 Å². The highest BCUT2D eigenvalue weighted by molar-refractivity contribution is 5.90. The lowest BCUT2D eigenvalue weighted by atomic mass is 9.83. The Bertz CT molecular complexity index is 2170. The maximum Gasteiger partial charge on any atom is 0.245 e. The van der Waals surface area contributed by atoms with Crippen molar-refractivity contribution in [1.82, 2.24) is 40.2 Å². The first kappa shape index (κ1) is 49.3. The van der Waals surface area contributed by atoms with Gasteiger partial charge < -0.3 is 44.9 Å². The lowest BCUT2D eigenvalue weighted by Gasteiger charge is -2.41. The van der Waals surface area contributed by atoms with Gasteiger partial charge in [0.05, 0.1) is 56.0 Å². The molecule has 4 fully saturated rings. The molecule has 4 atom stereocenters. The minimum Gasteiger partial charge on any atom is -0.491 e. The van der Waals surface area contributed by atoms with E-state index in [2.05, 4.69) is 72.0 Å². The van der Waals surface area contributed by atoms with E-state index in [0.29, 0.717) is 50.9 Å². The molecule has 2 saturated heterocycles. The number of carbonyl (C=O) groups excluding carboxylic acids is 2. The molecule has 0 bridgehead atoms.